The van der Waals surface area contributed by atoms with Gasteiger partial charge in [0.05, 0.1) is 0 Å². The number of rotatable bonds is 6. The molecule has 1 fully saturated rings. The fourth-order valence-corrected chi connectivity index (χ4v) is 2.49. The zero-order valence-corrected chi connectivity index (χ0v) is 12.0. The van der Waals surface area contributed by atoms with Crippen LogP contribution in [0.2, 0.25) is 0 Å². The summed E-state index contributed by atoms with van der Waals surface area (Å²) >= 11 is 0. The fourth-order valence-electron chi connectivity index (χ4n) is 2.49. The van der Waals surface area contributed by atoms with Gasteiger partial charge in [0.25, 0.3) is 5.91 Å². The summed E-state index contributed by atoms with van der Waals surface area (Å²) in [5, 5.41) is 6.51. The van der Waals surface area contributed by atoms with Crippen LogP contribution in [0.15, 0.2) is 24.3 Å². The van der Waals surface area contributed by atoms with Gasteiger partial charge in [0, 0.05) is 23.3 Å². The first-order valence-corrected chi connectivity index (χ1v) is 7.35. The molecule has 0 aliphatic heterocycles. The summed E-state index contributed by atoms with van der Waals surface area (Å²) in [6.45, 7) is 5.25. The van der Waals surface area contributed by atoms with Crippen LogP contribution in [0.5, 0.6) is 0 Å². The molecule has 0 heterocycles. The van der Waals surface area contributed by atoms with E-state index in [2.05, 4.69) is 24.5 Å². The van der Waals surface area contributed by atoms with Gasteiger partial charge < -0.3 is 10.6 Å². The summed E-state index contributed by atoms with van der Waals surface area (Å²) < 4.78 is 0. The molecule has 3 heteroatoms. The molecule has 1 aromatic carbocycles. The summed E-state index contributed by atoms with van der Waals surface area (Å²) in [7, 11) is 0. The predicted octanol–water partition coefficient (Wildman–Crippen LogP) is 3.57. The molecule has 2 N–H and O–H groups in total. The van der Waals surface area contributed by atoms with Crippen LogP contribution in [0.1, 0.15) is 56.3 Å². The van der Waals surface area contributed by atoms with E-state index in [1.54, 1.807) is 0 Å². The Morgan fingerprint density at radius 1 is 1.21 bits per heavy atom. The molecule has 0 unspecified atom stereocenters. The van der Waals surface area contributed by atoms with Crippen molar-refractivity contribution in [2.24, 2.45) is 0 Å². The third-order valence-corrected chi connectivity index (χ3v) is 4.09. The Hall–Kier alpha value is -1.51. The maximum atomic E-state index is 12.2. The third-order valence-electron chi connectivity index (χ3n) is 4.09. The summed E-state index contributed by atoms with van der Waals surface area (Å²) in [4.78, 5) is 12.2. The van der Waals surface area contributed by atoms with Crippen LogP contribution < -0.4 is 10.6 Å². The Morgan fingerprint density at radius 2 is 1.89 bits per heavy atom. The minimum atomic E-state index is 0.0589. The van der Waals surface area contributed by atoms with Crippen molar-refractivity contribution in [2.75, 3.05) is 11.9 Å². The first-order valence-electron chi connectivity index (χ1n) is 7.35. The van der Waals surface area contributed by atoms with E-state index in [4.69, 9.17) is 0 Å². The van der Waals surface area contributed by atoms with Gasteiger partial charge in [0.2, 0.25) is 0 Å². The molecule has 1 amide bonds. The van der Waals surface area contributed by atoms with E-state index >= 15 is 0 Å². The summed E-state index contributed by atoms with van der Waals surface area (Å²) in [5.41, 5.74) is 1.89. The quantitative estimate of drug-likeness (QED) is 0.821. The summed E-state index contributed by atoms with van der Waals surface area (Å²) in [5.74, 6) is 0.0589. The van der Waals surface area contributed by atoms with Gasteiger partial charge >= 0.3 is 0 Å². The van der Waals surface area contributed by atoms with Gasteiger partial charge in [-0.15, -0.1) is 0 Å². The van der Waals surface area contributed by atoms with Crippen LogP contribution in [0.4, 0.5) is 5.69 Å². The molecule has 3 nitrogen and oxygen atoms in total. The predicted molar refractivity (Wildman–Crippen MR) is 79.6 cm³/mol. The Morgan fingerprint density at radius 3 is 2.37 bits per heavy atom. The van der Waals surface area contributed by atoms with Gasteiger partial charge in [-0.2, -0.15) is 0 Å². The Labute approximate surface area is 115 Å². The highest BCUT2D eigenvalue weighted by Gasteiger charge is 2.36. The normalized spacial score (nSPS) is 16.5. The molecule has 0 aromatic heterocycles. The van der Waals surface area contributed by atoms with Crippen LogP contribution in [0, 0.1) is 0 Å². The van der Waals surface area contributed by atoms with Crippen LogP contribution in [0.25, 0.3) is 0 Å². The molecule has 0 saturated heterocycles. The molecule has 1 aromatic rings. The van der Waals surface area contributed by atoms with Gasteiger partial charge in [-0.1, -0.05) is 13.8 Å². The molecule has 2 rings (SSSR count). The lowest BCUT2D eigenvalue weighted by Crippen LogP contribution is -2.52. The van der Waals surface area contributed by atoms with Crippen LogP contribution in [0.3, 0.4) is 0 Å². The maximum absolute atomic E-state index is 12.2. The first-order chi connectivity index (χ1) is 9.19. The number of hydrogen-bond acceptors (Lipinski definition) is 2. The highest BCUT2D eigenvalue weighted by Crippen LogP contribution is 2.34. The Kier molecular flexibility index (Phi) is 4.46. The second-order valence-corrected chi connectivity index (χ2v) is 5.45. The number of hydrogen-bond donors (Lipinski definition) is 2. The number of carbonyl (C=O) groups excluding carboxylic acids is 1. The molecule has 0 atom stereocenters. The van der Waals surface area contributed by atoms with Crippen molar-refractivity contribution < 1.29 is 4.79 Å². The number of benzene rings is 1. The monoisotopic (exact) mass is 260 g/mol. The van der Waals surface area contributed by atoms with E-state index in [-0.39, 0.29) is 11.4 Å². The van der Waals surface area contributed by atoms with Gasteiger partial charge in [0.15, 0.2) is 0 Å². The molecule has 1 aliphatic carbocycles. The average Bonchev–Trinajstić information content (AvgIpc) is 2.41. The van der Waals surface area contributed by atoms with Gasteiger partial charge in [-0.3, -0.25) is 4.79 Å². The van der Waals surface area contributed by atoms with E-state index in [1.807, 2.05) is 24.3 Å². The van der Waals surface area contributed by atoms with E-state index in [1.165, 1.54) is 6.42 Å². The van der Waals surface area contributed by atoms with Crippen molar-refractivity contribution >= 4 is 11.6 Å². The molecule has 1 aliphatic rings. The average molecular weight is 260 g/mol. The second kappa shape index (κ2) is 6.09. The Bertz CT molecular complexity index is 415. The zero-order chi connectivity index (χ0) is 13.7. The first kappa shape index (κ1) is 13.9. The number of carbonyl (C=O) groups is 1. The molecular formula is C16H24N2O. The lowest BCUT2D eigenvalue weighted by Gasteiger charge is -2.42. The molecule has 0 radical (unpaired) electrons. The highest BCUT2D eigenvalue weighted by atomic mass is 16.1. The topological polar surface area (TPSA) is 41.1 Å². The standard InChI is InChI=1S/C16H24N2O/c1-3-12-17-14-8-6-13(7-9-14)15(19)18-16(4-2)10-5-11-16/h6-9,17H,3-5,10-12H2,1-2H3,(H,18,19). The Balaban J connectivity index is 1.95. The van der Waals surface area contributed by atoms with E-state index in [0.717, 1.165) is 43.5 Å². The minimum Gasteiger partial charge on any atom is -0.385 e. The van der Waals surface area contributed by atoms with Gasteiger partial charge in [0.1, 0.15) is 0 Å². The molecular weight excluding hydrogens is 236 g/mol. The lowest BCUT2D eigenvalue weighted by atomic mass is 9.74. The fraction of sp³-hybridized carbons (Fsp3) is 0.562. The number of amides is 1. The number of nitrogens with one attached hydrogen (secondary N) is 2. The third kappa shape index (κ3) is 3.28. The van der Waals surface area contributed by atoms with E-state index in [0.29, 0.717) is 0 Å². The van der Waals surface area contributed by atoms with Crippen molar-refractivity contribution in [1.29, 1.82) is 0 Å². The zero-order valence-electron chi connectivity index (χ0n) is 12.0. The van der Waals surface area contributed by atoms with Crippen LogP contribution in [-0.2, 0) is 0 Å². The molecule has 0 bridgehead atoms. The molecule has 19 heavy (non-hydrogen) atoms. The maximum Gasteiger partial charge on any atom is 0.251 e. The lowest BCUT2D eigenvalue weighted by molar-refractivity contribution is 0.0820. The van der Waals surface area contributed by atoms with E-state index in [9.17, 15) is 4.79 Å². The molecule has 104 valence electrons. The smallest absolute Gasteiger partial charge is 0.251 e. The van der Waals surface area contributed by atoms with E-state index < -0.39 is 0 Å². The number of anilines is 1. The van der Waals surface area contributed by atoms with Crippen molar-refractivity contribution in [1.82, 2.24) is 5.32 Å². The second-order valence-electron chi connectivity index (χ2n) is 5.45. The summed E-state index contributed by atoms with van der Waals surface area (Å²) in [6.07, 6.45) is 5.58. The van der Waals surface area contributed by atoms with Crippen molar-refractivity contribution in [3.63, 3.8) is 0 Å². The highest BCUT2D eigenvalue weighted by molar-refractivity contribution is 5.95. The largest absolute Gasteiger partial charge is 0.385 e. The van der Waals surface area contributed by atoms with Gasteiger partial charge in [-0.25, -0.2) is 0 Å². The van der Waals surface area contributed by atoms with Crippen molar-refractivity contribution in [3.8, 4) is 0 Å². The van der Waals surface area contributed by atoms with Crippen molar-refractivity contribution in [3.05, 3.63) is 29.8 Å². The van der Waals surface area contributed by atoms with Crippen LogP contribution in [-0.4, -0.2) is 18.0 Å². The minimum absolute atomic E-state index is 0.0589. The van der Waals surface area contributed by atoms with Crippen LogP contribution >= 0.6 is 0 Å². The van der Waals surface area contributed by atoms with Gasteiger partial charge in [-0.05, 0) is 56.4 Å². The van der Waals surface area contributed by atoms with Crippen molar-refractivity contribution in [2.45, 2.75) is 51.5 Å². The SMILES string of the molecule is CCCNc1ccc(C(=O)NC2(CC)CCC2)cc1. The summed E-state index contributed by atoms with van der Waals surface area (Å²) in [6, 6.07) is 7.75. The molecule has 1 saturated carbocycles. The molecule has 0 spiro atoms.